The van der Waals surface area contributed by atoms with E-state index in [2.05, 4.69) is 29.3 Å². The topological polar surface area (TPSA) is 32.3 Å². The molecule has 144 valence electrons. The Morgan fingerprint density at radius 2 is 2.11 bits per heavy atom. The van der Waals surface area contributed by atoms with Crippen molar-refractivity contribution in [1.82, 2.24) is 4.90 Å². The molecule has 3 nitrogen and oxygen atoms in total. The lowest BCUT2D eigenvalue weighted by atomic mass is 9.75. The Balaban J connectivity index is 1.27. The molecule has 0 spiro atoms. The molecule has 0 saturated heterocycles. The number of thiophene rings is 1. The molecule has 2 aliphatic rings. The maximum absolute atomic E-state index is 12.7. The number of amides is 1. The number of carbonyl (C=O) groups excluding carboxylic acids is 1. The number of rotatable bonds is 7. The van der Waals surface area contributed by atoms with Crippen LogP contribution in [-0.2, 0) is 23.2 Å². The molecule has 5 heteroatoms. The molecule has 0 radical (unpaired) electrons. The number of hydrogen-bond acceptors (Lipinski definition) is 3. The molecular formula is C22H27ClN2OS. The van der Waals surface area contributed by atoms with Crippen LogP contribution in [0.2, 0.25) is 4.34 Å². The van der Waals surface area contributed by atoms with Crippen LogP contribution in [0.3, 0.4) is 0 Å². The van der Waals surface area contributed by atoms with Crippen molar-refractivity contribution in [2.75, 3.05) is 18.4 Å². The van der Waals surface area contributed by atoms with Gasteiger partial charge in [0, 0.05) is 23.7 Å². The van der Waals surface area contributed by atoms with E-state index >= 15 is 0 Å². The SMILES string of the molecule is CCC1(CCCCCN2CCc3sc(Cl)cc3C2)C(=O)Nc2ccccc21. The lowest BCUT2D eigenvalue weighted by molar-refractivity contribution is -0.121. The first-order valence-electron chi connectivity index (χ1n) is 10.0. The van der Waals surface area contributed by atoms with Crippen LogP contribution >= 0.6 is 22.9 Å². The zero-order valence-electron chi connectivity index (χ0n) is 15.9. The highest BCUT2D eigenvalue weighted by Crippen LogP contribution is 2.43. The largest absolute Gasteiger partial charge is 0.325 e. The standard InChI is InChI=1S/C22H27ClN2OS/c1-2-22(17-8-4-5-9-18(17)24-21(22)26)11-6-3-7-12-25-13-10-19-16(15-25)14-20(23)27-19/h4-5,8-9,14H,2-3,6-7,10-13,15H2,1H3,(H,24,26). The molecule has 3 heterocycles. The fourth-order valence-corrected chi connectivity index (χ4v) is 5.93. The molecule has 1 amide bonds. The summed E-state index contributed by atoms with van der Waals surface area (Å²) in [6.45, 7) is 5.44. The fourth-order valence-electron chi connectivity index (χ4n) is 4.63. The van der Waals surface area contributed by atoms with E-state index in [0.717, 1.165) is 55.3 Å². The van der Waals surface area contributed by atoms with Gasteiger partial charge in [0.15, 0.2) is 0 Å². The Kier molecular flexibility index (Phi) is 5.58. The Bertz CT molecular complexity index is 833. The number of benzene rings is 1. The summed E-state index contributed by atoms with van der Waals surface area (Å²) in [5, 5.41) is 3.09. The molecule has 1 atom stereocenters. The molecule has 2 aromatic rings. The van der Waals surface area contributed by atoms with E-state index in [0.29, 0.717) is 0 Å². The highest BCUT2D eigenvalue weighted by molar-refractivity contribution is 7.16. The third kappa shape index (κ3) is 3.67. The zero-order chi connectivity index (χ0) is 18.9. The first kappa shape index (κ1) is 19.0. The summed E-state index contributed by atoms with van der Waals surface area (Å²) < 4.78 is 0.918. The second-order valence-electron chi connectivity index (χ2n) is 7.77. The van der Waals surface area contributed by atoms with Crippen LogP contribution in [0.5, 0.6) is 0 Å². The molecule has 0 saturated carbocycles. The first-order valence-corrected chi connectivity index (χ1v) is 11.2. The molecule has 1 N–H and O–H groups in total. The van der Waals surface area contributed by atoms with Gasteiger partial charge in [0.2, 0.25) is 5.91 Å². The van der Waals surface area contributed by atoms with Crippen molar-refractivity contribution < 1.29 is 4.79 Å². The van der Waals surface area contributed by atoms with Gasteiger partial charge in [-0.3, -0.25) is 9.69 Å². The van der Waals surface area contributed by atoms with Crippen LogP contribution in [0.1, 0.15) is 55.0 Å². The highest BCUT2D eigenvalue weighted by Gasteiger charge is 2.44. The second kappa shape index (κ2) is 7.94. The van der Waals surface area contributed by atoms with Crippen LogP contribution in [-0.4, -0.2) is 23.9 Å². The zero-order valence-corrected chi connectivity index (χ0v) is 17.5. The second-order valence-corrected chi connectivity index (χ2v) is 9.54. The lowest BCUT2D eigenvalue weighted by Gasteiger charge is -2.28. The minimum atomic E-state index is -0.329. The number of para-hydroxylation sites is 1. The summed E-state index contributed by atoms with van der Waals surface area (Å²) in [5.41, 5.74) is 3.28. The van der Waals surface area contributed by atoms with Crippen LogP contribution in [0.15, 0.2) is 30.3 Å². The molecule has 1 aromatic carbocycles. The van der Waals surface area contributed by atoms with Gasteiger partial charge in [-0.2, -0.15) is 0 Å². The number of nitrogens with one attached hydrogen (secondary N) is 1. The van der Waals surface area contributed by atoms with Crippen molar-refractivity contribution >= 4 is 34.5 Å². The maximum atomic E-state index is 12.7. The Hall–Kier alpha value is -1.36. The third-order valence-corrected chi connectivity index (χ3v) is 7.59. The summed E-state index contributed by atoms with van der Waals surface area (Å²) in [6.07, 6.45) is 6.39. The van der Waals surface area contributed by atoms with Crippen molar-refractivity contribution in [2.45, 2.75) is 57.4 Å². The van der Waals surface area contributed by atoms with Crippen molar-refractivity contribution in [1.29, 1.82) is 0 Å². The number of hydrogen-bond donors (Lipinski definition) is 1. The number of halogens is 1. The predicted octanol–water partition coefficient (Wildman–Crippen LogP) is 5.62. The number of carbonyl (C=O) groups is 1. The normalized spacial score (nSPS) is 21.8. The van der Waals surface area contributed by atoms with E-state index < -0.39 is 0 Å². The average Bonchev–Trinajstić information content (AvgIpc) is 3.17. The third-order valence-electron chi connectivity index (χ3n) is 6.22. The van der Waals surface area contributed by atoms with E-state index in [1.807, 2.05) is 18.2 Å². The molecule has 0 bridgehead atoms. The molecule has 0 aliphatic carbocycles. The van der Waals surface area contributed by atoms with Crippen LogP contribution in [0.25, 0.3) is 0 Å². The summed E-state index contributed by atoms with van der Waals surface area (Å²) in [7, 11) is 0. The van der Waals surface area contributed by atoms with Crippen molar-refractivity contribution in [3.8, 4) is 0 Å². The van der Waals surface area contributed by atoms with Crippen molar-refractivity contribution in [3.05, 3.63) is 50.7 Å². The van der Waals surface area contributed by atoms with E-state index in [-0.39, 0.29) is 11.3 Å². The van der Waals surface area contributed by atoms with Crippen LogP contribution < -0.4 is 5.32 Å². The number of nitrogens with zero attached hydrogens (tertiary/aromatic N) is 1. The van der Waals surface area contributed by atoms with Gasteiger partial charge in [-0.15, -0.1) is 11.3 Å². The van der Waals surface area contributed by atoms with Gasteiger partial charge in [0.25, 0.3) is 0 Å². The monoisotopic (exact) mass is 402 g/mol. The lowest BCUT2D eigenvalue weighted by Crippen LogP contribution is -2.34. The molecular weight excluding hydrogens is 376 g/mol. The molecule has 27 heavy (non-hydrogen) atoms. The van der Waals surface area contributed by atoms with E-state index in [9.17, 15) is 4.79 Å². The van der Waals surface area contributed by atoms with Gasteiger partial charge in [-0.05, 0) is 55.5 Å². The molecule has 1 aromatic heterocycles. The van der Waals surface area contributed by atoms with Gasteiger partial charge < -0.3 is 5.32 Å². The van der Waals surface area contributed by atoms with Crippen LogP contribution in [0.4, 0.5) is 5.69 Å². The molecule has 1 unspecified atom stereocenters. The summed E-state index contributed by atoms with van der Waals surface area (Å²) in [6, 6.07) is 10.3. The average molecular weight is 403 g/mol. The Labute approximate surface area is 170 Å². The van der Waals surface area contributed by atoms with Crippen molar-refractivity contribution in [2.24, 2.45) is 0 Å². The van der Waals surface area contributed by atoms with Gasteiger partial charge in [-0.1, -0.05) is 49.6 Å². The summed E-state index contributed by atoms with van der Waals surface area (Å²) in [5.74, 6) is 0.184. The summed E-state index contributed by atoms with van der Waals surface area (Å²) in [4.78, 5) is 16.7. The van der Waals surface area contributed by atoms with Gasteiger partial charge >= 0.3 is 0 Å². The van der Waals surface area contributed by atoms with Crippen LogP contribution in [0, 0.1) is 0 Å². The van der Waals surface area contributed by atoms with Crippen molar-refractivity contribution in [3.63, 3.8) is 0 Å². The number of anilines is 1. The minimum absolute atomic E-state index is 0.184. The summed E-state index contributed by atoms with van der Waals surface area (Å²) >= 11 is 7.88. The highest BCUT2D eigenvalue weighted by atomic mass is 35.5. The smallest absolute Gasteiger partial charge is 0.235 e. The molecule has 4 rings (SSSR count). The predicted molar refractivity (Wildman–Crippen MR) is 114 cm³/mol. The molecule has 2 aliphatic heterocycles. The van der Waals surface area contributed by atoms with Gasteiger partial charge in [0.05, 0.1) is 9.75 Å². The molecule has 0 fully saturated rings. The minimum Gasteiger partial charge on any atom is -0.325 e. The Morgan fingerprint density at radius 1 is 1.26 bits per heavy atom. The quantitative estimate of drug-likeness (QED) is 0.609. The number of fused-ring (bicyclic) bond motifs is 2. The maximum Gasteiger partial charge on any atom is 0.235 e. The van der Waals surface area contributed by atoms with Gasteiger partial charge in [0.1, 0.15) is 0 Å². The number of unbranched alkanes of at least 4 members (excludes halogenated alkanes) is 2. The fraction of sp³-hybridized carbons (Fsp3) is 0.500. The van der Waals surface area contributed by atoms with E-state index in [4.69, 9.17) is 11.6 Å². The van der Waals surface area contributed by atoms with E-state index in [1.165, 1.54) is 28.8 Å². The van der Waals surface area contributed by atoms with Gasteiger partial charge in [-0.25, -0.2) is 0 Å². The van der Waals surface area contributed by atoms with E-state index in [1.54, 1.807) is 11.3 Å². The first-order chi connectivity index (χ1) is 13.1. The Morgan fingerprint density at radius 3 is 2.96 bits per heavy atom.